The van der Waals surface area contributed by atoms with Crippen molar-refractivity contribution in [3.63, 3.8) is 0 Å². The molecule has 0 bridgehead atoms. The lowest BCUT2D eigenvalue weighted by Crippen LogP contribution is -2.51. The third kappa shape index (κ3) is 8.14. The summed E-state index contributed by atoms with van der Waals surface area (Å²) in [5, 5.41) is 2.61. The van der Waals surface area contributed by atoms with E-state index >= 15 is 0 Å². The van der Waals surface area contributed by atoms with Gasteiger partial charge < -0.3 is 15.0 Å². The second-order valence-electron chi connectivity index (χ2n) is 9.34. The summed E-state index contributed by atoms with van der Waals surface area (Å²) in [6, 6.07) is 24.3. The van der Waals surface area contributed by atoms with Gasteiger partial charge in [-0.3, -0.25) is 14.3 Å². The molecule has 1 atom stereocenters. The molecule has 42 heavy (non-hydrogen) atoms. The summed E-state index contributed by atoms with van der Waals surface area (Å²) in [5.41, 5.74) is 1.66. The average Bonchev–Trinajstić information content (AvgIpc) is 3.00. The maximum Gasteiger partial charge on any atom is 0.261 e. The third-order valence-electron chi connectivity index (χ3n) is 6.38. The Bertz CT molecular complexity index is 1600. The minimum absolute atomic E-state index is 0.0274. The monoisotopic (exact) mass is 593 g/mol. The highest BCUT2D eigenvalue weighted by molar-refractivity contribution is 7.92. The number of sulfonamides is 1. The minimum Gasteiger partial charge on any atom is -0.484 e. The molecule has 218 valence electrons. The van der Waals surface area contributed by atoms with E-state index < -0.39 is 40.2 Å². The van der Waals surface area contributed by atoms with E-state index in [0.717, 1.165) is 17.7 Å². The van der Waals surface area contributed by atoms with Gasteiger partial charge in [0.15, 0.2) is 6.61 Å². The summed E-state index contributed by atoms with van der Waals surface area (Å²) in [4.78, 5) is 27.8. The molecule has 0 unspecified atom stereocenters. The largest absolute Gasteiger partial charge is 0.484 e. The molecule has 0 saturated carbocycles. The molecule has 11 heteroatoms. The molecule has 0 radical (unpaired) electrons. The van der Waals surface area contributed by atoms with E-state index in [0.29, 0.717) is 5.56 Å². The van der Waals surface area contributed by atoms with Gasteiger partial charge in [-0.25, -0.2) is 17.2 Å². The van der Waals surface area contributed by atoms with E-state index in [1.165, 1.54) is 60.5 Å². The number of carbonyl (C=O) groups is 2. The van der Waals surface area contributed by atoms with Crippen LogP contribution in [0.3, 0.4) is 0 Å². The van der Waals surface area contributed by atoms with E-state index in [4.69, 9.17) is 4.74 Å². The maximum absolute atomic E-state index is 13.5. The van der Waals surface area contributed by atoms with Gasteiger partial charge >= 0.3 is 0 Å². The molecule has 8 nitrogen and oxygen atoms in total. The molecule has 4 aromatic carbocycles. The van der Waals surface area contributed by atoms with Gasteiger partial charge in [-0.2, -0.15) is 0 Å². The second kappa shape index (κ2) is 13.7. The summed E-state index contributed by atoms with van der Waals surface area (Å²) in [6.07, 6.45) is 0.237. The van der Waals surface area contributed by atoms with E-state index in [1.54, 1.807) is 12.1 Å². The zero-order valence-electron chi connectivity index (χ0n) is 22.7. The first-order chi connectivity index (χ1) is 20.1. The van der Waals surface area contributed by atoms with Crippen molar-refractivity contribution in [3.05, 3.63) is 126 Å². The normalized spacial score (nSPS) is 11.8. The number of ether oxygens (including phenoxy) is 1. The average molecular weight is 594 g/mol. The zero-order valence-corrected chi connectivity index (χ0v) is 23.5. The standard InChI is InChI=1S/C31H29F2N3O5S/c1-34-31(38)29(19-22-5-3-2-4-6-22)36(20-23-7-9-24(32)10-8-23)30(37)21-41-27-15-17-28(18-16-27)42(39,40)35-26-13-11-25(33)12-14-26/h2-18,29,35H,19-21H2,1H3,(H,34,38)/t29-/m0/s1. The lowest BCUT2D eigenvalue weighted by atomic mass is 10.0. The van der Waals surface area contributed by atoms with Gasteiger partial charge in [-0.15, -0.1) is 0 Å². The van der Waals surface area contributed by atoms with Crippen molar-refractivity contribution < 1.29 is 31.5 Å². The first kappa shape index (κ1) is 30.2. The quantitative estimate of drug-likeness (QED) is 0.251. The number of anilines is 1. The molecule has 0 aliphatic heterocycles. The summed E-state index contributed by atoms with van der Waals surface area (Å²) < 4.78 is 60.1. The molecule has 2 amide bonds. The number of amides is 2. The van der Waals surface area contributed by atoms with Gasteiger partial charge in [0, 0.05) is 25.7 Å². The molecule has 4 aromatic rings. The van der Waals surface area contributed by atoms with Crippen LogP contribution in [0.1, 0.15) is 11.1 Å². The van der Waals surface area contributed by atoms with Gasteiger partial charge in [0.05, 0.1) is 4.90 Å². The van der Waals surface area contributed by atoms with Crippen LogP contribution in [0, 0.1) is 11.6 Å². The van der Waals surface area contributed by atoms with Crippen LogP contribution in [0.15, 0.2) is 108 Å². The van der Waals surface area contributed by atoms with Gasteiger partial charge in [-0.1, -0.05) is 42.5 Å². The Kier molecular flexibility index (Phi) is 9.87. The van der Waals surface area contributed by atoms with Crippen LogP contribution in [0.5, 0.6) is 5.75 Å². The summed E-state index contributed by atoms with van der Waals surface area (Å²) in [6.45, 7) is -0.414. The SMILES string of the molecule is CNC(=O)[C@H](Cc1ccccc1)N(Cc1ccc(F)cc1)C(=O)COc1ccc(S(=O)(=O)Nc2ccc(F)cc2)cc1. The summed E-state index contributed by atoms with van der Waals surface area (Å²) >= 11 is 0. The fourth-order valence-electron chi connectivity index (χ4n) is 4.18. The minimum atomic E-state index is -3.95. The number of hydrogen-bond acceptors (Lipinski definition) is 5. The van der Waals surface area contributed by atoms with Crippen LogP contribution in [-0.4, -0.2) is 44.8 Å². The van der Waals surface area contributed by atoms with Crippen molar-refractivity contribution in [1.29, 1.82) is 0 Å². The van der Waals surface area contributed by atoms with Crippen LogP contribution in [-0.2, 0) is 32.6 Å². The number of carbonyl (C=O) groups excluding carboxylic acids is 2. The molecule has 0 aromatic heterocycles. The van der Waals surface area contributed by atoms with Crippen molar-refractivity contribution in [2.45, 2.75) is 23.9 Å². The Hall–Kier alpha value is -4.77. The number of halogens is 2. The smallest absolute Gasteiger partial charge is 0.261 e. The highest BCUT2D eigenvalue weighted by atomic mass is 32.2. The molecule has 0 fully saturated rings. The van der Waals surface area contributed by atoms with Gasteiger partial charge in [-0.05, 0) is 71.8 Å². The summed E-state index contributed by atoms with van der Waals surface area (Å²) in [7, 11) is -2.47. The molecule has 0 aliphatic rings. The Balaban J connectivity index is 1.50. The number of benzene rings is 4. The topological polar surface area (TPSA) is 105 Å². The molecular formula is C31H29F2N3O5S. The first-order valence-electron chi connectivity index (χ1n) is 13.0. The van der Waals surface area contributed by atoms with Crippen molar-refractivity contribution >= 4 is 27.5 Å². The summed E-state index contributed by atoms with van der Waals surface area (Å²) in [5.74, 6) is -1.57. The molecule has 0 spiro atoms. The van der Waals surface area contributed by atoms with Crippen LogP contribution < -0.4 is 14.8 Å². The number of likely N-dealkylation sites (N-methyl/N-ethyl adjacent to an activating group) is 1. The van der Waals surface area contributed by atoms with Crippen molar-refractivity contribution in [1.82, 2.24) is 10.2 Å². The van der Waals surface area contributed by atoms with Crippen LogP contribution in [0.2, 0.25) is 0 Å². The van der Waals surface area contributed by atoms with Crippen molar-refractivity contribution in [2.75, 3.05) is 18.4 Å². The highest BCUT2D eigenvalue weighted by Crippen LogP contribution is 2.21. The van der Waals surface area contributed by atoms with Gasteiger partial charge in [0.1, 0.15) is 23.4 Å². The zero-order chi connectivity index (χ0) is 30.1. The molecule has 0 aliphatic carbocycles. The molecule has 0 saturated heterocycles. The predicted molar refractivity (Wildman–Crippen MR) is 154 cm³/mol. The Morgan fingerprint density at radius 2 is 1.40 bits per heavy atom. The van der Waals surface area contributed by atoms with Crippen LogP contribution >= 0.6 is 0 Å². The molecule has 2 N–H and O–H groups in total. The van der Waals surface area contributed by atoms with Gasteiger partial charge in [0.2, 0.25) is 5.91 Å². The first-order valence-corrected chi connectivity index (χ1v) is 14.4. The lowest BCUT2D eigenvalue weighted by Gasteiger charge is -2.31. The number of nitrogens with one attached hydrogen (secondary N) is 2. The van der Waals surface area contributed by atoms with E-state index in [2.05, 4.69) is 10.0 Å². The van der Waals surface area contributed by atoms with E-state index in [9.17, 15) is 26.8 Å². The Morgan fingerprint density at radius 3 is 2.00 bits per heavy atom. The van der Waals surface area contributed by atoms with E-state index in [1.807, 2.05) is 30.3 Å². The number of nitrogens with zero attached hydrogens (tertiary/aromatic N) is 1. The fraction of sp³-hybridized carbons (Fsp3) is 0.161. The Labute approximate surface area is 243 Å². The van der Waals surface area contributed by atoms with Crippen molar-refractivity contribution in [2.24, 2.45) is 0 Å². The molecule has 4 rings (SSSR count). The molecular weight excluding hydrogens is 564 g/mol. The highest BCUT2D eigenvalue weighted by Gasteiger charge is 2.30. The third-order valence-corrected chi connectivity index (χ3v) is 7.77. The van der Waals surface area contributed by atoms with E-state index in [-0.39, 0.29) is 35.2 Å². The van der Waals surface area contributed by atoms with Crippen LogP contribution in [0.4, 0.5) is 14.5 Å². The number of rotatable bonds is 12. The lowest BCUT2D eigenvalue weighted by molar-refractivity contribution is -0.142. The second-order valence-corrected chi connectivity index (χ2v) is 11.0. The Morgan fingerprint density at radius 1 is 0.810 bits per heavy atom. The molecule has 0 heterocycles. The maximum atomic E-state index is 13.5. The number of hydrogen-bond donors (Lipinski definition) is 2. The van der Waals surface area contributed by atoms with Crippen LogP contribution in [0.25, 0.3) is 0 Å². The fourth-order valence-corrected chi connectivity index (χ4v) is 5.24. The van der Waals surface area contributed by atoms with Gasteiger partial charge in [0.25, 0.3) is 15.9 Å². The predicted octanol–water partition coefficient (Wildman–Crippen LogP) is 4.53. The van der Waals surface area contributed by atoms with Crippen molar-refractivity contribution in [3.8, 4) is 5.75 Å².